The molecule has 2 N–H and O–H groups in total. The molecule has 1 aromatic carbocycles. The number of carboxylic acid groups (broad SMARTS) is 1. The molecule has 0 saturated carbocycles. The number of benzene rings is 1. The van der Waals surface area contributed by atoms with Crippen molar-refractivity contribution in [1.82, 2.24) is 19.9 Å². The predicted octanol–water partition coefficient (Wildman–Crippen LogP) is 1.65. The van der Waals surface area contributed by atoms with Crippen LogP contribution in [0.25, 0.3) is 16.6 Å². The van der Waals surface area contributed by atoms with Crippen LogP contribution in [0.1, 0.15) is 23.4 Å². The monoisotopic (exact) mass is 370 g/mol. The minimum absolute atomic E-state index is 0.0769. The van der Waals surface area contributed by atoms with Gasteiger partial charge in [0.05, 0.1) is 12.1 Å². The fourth-order valence-corrected chi connectivity index (χ4v) is 3.18. The lowest BCUT2D eigenvalue weighted by Gasteiger charge is -2.14. The summed E-state index contributed by atoms with van der Waals surface area (Å²) in [5, 5.41) is 17.2. The second-order valence-electron chi connectivity index (χ2n) is 6.43. The zero-order chi connectivity index (χ0) is 19.6. The van der Waals surface area contributed by atoms with E-state index in [4.69, 9.17) is 9.84 Å². The summed E-state index contributed by atoms with van der Waals surface area (Å²) in [7, 11) is 1.39. The van der Waals surface area contributed by atoms with Crippen LogP contribution in [0.3, 0.4) is 0 Å². The summed E-state index contributed by atoms with van der Waals surface area (Å²) in [6, 6.07) is 6.75. The molecule has 3 aromatic rings. The number of aliphatic carboxylic acids is 1. The van der Waals surface area contributed by atoms with Gasteiger partial charge in [0.25, 0.3) is 0 Å². The normalized spacial score (nSPS) is 12.4. The van der Waals surface area contributed by atoms with Crippen LogP contribution >= 0.6 is 0 Å². The third-order valence-electron chi connectivity index (χ3n) is 4.59. The molecule has 3 rings (SSSR count). The van der Waals surface area contributed by atoms with Gasteiger partial charge in [-0.15, -0.1) is 0 Å². The summed E-state index contributed by atoms with van der Waals surface area (Å²) >= 11 is 0. The van der Waals surface area contributed by atoms with Crippen molar-refractivity contribution in [3.63, 3.8) is 0 Å². The van der Waals surface area contributed by atoms with Crippen molar-refractivity contribution in [3.05, 3.63) is 41.2 Å². The average molecular weight is 370 g/mol. The van der Waals surface area contributed by atoms with E-state index in [2.05, 4.69) is 15.4 Å². The molecule has 0 spiro atoms. The van der Waals surface area contributed by atoms with Crippen molar-refractivity contribution in [2.75, 3.05) is 13.7 Å². The highest BCUT2D eigenvalue weighted by Crippen LogP contribution is 2.22. The Balaban J connectivity index is 1.82. The number of hydrogen-bond donors (Lipinski definition) is 2. The second-order valence-corrected chi connectivity index (χ2v) is 6.43. The number of carbonyl (C=O) groups excluding carboxylic acids is 1. The maximum atomic E-state index is 12.2. The fourth-order valence-electron chi connectivity index (χ4n) is 3.18. The summed E-state index contributed by atoms with van der Waals surface area (Å²) < 4.78 is 6.63. The molecule has 0 aliphatic heterocycles. The standard InChI is InChI=1S/C19H22N4O4/c1-11-13(8-9-17(24)21-16(10-27-3)19(25)26)12(2)23-18(20-11)14-6-4-5-7-15(14)22-23/h4-7,16H,8-10H2,1-3H3,(H,21,24)(H,25,26). The number of methoxy groups -OCH3 is 1. The topological polar surface area (TPSA) is 106 Å². The number of aromatic nitrogens is 3. The van der Waals surface area contributed by atoms with Crippen molar-refractivity contribution < 1.29 is 19.4 Å². The first kappa shape index (κ1) is 18.8. The quantitative estimate of drug-likeness (QED) is 0.655. The van der Waals surface area contributed by atoms with Crippen LogP contribution in [-0.2, 0) is 20.7 Å². The van der Waals surface area contributed by atoms with Gasteiger partial charge in [-0.3, -0.25) is 4.79 Å². The van der Waals surface area contributed by atoms with E-state index in [9.17, 15) is 9.59 Å². The minimum atomic E-state index is -1.12. The summed E-state index contributed by atoms with van der Waals surface area (Å²) in [5.41, 5.74) is 4.36. The van der Waals surface area contributed by atoms with Gasteiger partial charge in [0.15, 0.2) is 11.7 Å². The number of aryl methyl sites for hydroxylation is 2. The first-order chi connectivity index (χ1) is 12.9. The summed E-state index contributed by atoms with van der Waals surface area (Å²) in [4.78, 5) is 28.0. The van der Waals surface area contributed by atoms with Gasteiger partial charge in [0.2, 0.25) is 5.91 Å². The molecule has 1 amide bonds. The van der Waals surface area contributed by atoms with Crippen LogP contribution in [0.4, 0.5) is 0 Å². The minimum Gasteiger partial charge on any atom is -0.480 e. The van der Waals surface area contributed by atoms with Gasteiger partial charge in [0, 0.05) is 30.3 Å². The number of hydrogen-bond acceptors (Lipinski definition) is 5. The highest BCUT2D eigenvalue weighted by atomic mass is 16.5. The highest BCUT2D eigenvalue weighted by Gasteiger charge is 2.20. The van der Waals surface area contributed by atoms with E-state index in [1.54, 1.807) is 4.52 Å². The first-order valence-electron chi connectivity index (χ1n) is 8.67. The zero-order valence-electron chi connectivity index (χ0n) is 15.5. The second kappa shape index (κ2) is 7.71. The zero-order valence-corrected chi connectivity index (χ0v) is 15.5. The van der Waals surface area contributed by atoms with E-state index in [-0.39, 0.29) is 18.9 Å². The molecule has 2 heterocycles. The van der Waals surface area contributed by atoms with Gasteiger partial charge in [-0.25, -0.2) is 14.3 Å². The summed E-state index contributed by atoms with van der Waals surface area (Å²) in [6.07, 6.45) is 0.602. The Morgan fingerprint density at radius 3 is 2.74 bits per heavy atom. The van der Waals surface area contributed by atoms with Gasteiger partial charge in [-0.1, -0.05) is 12.1 Å². The largest absolute Gasteiger partial charge is 0.480 e. The van der Waals surface area contributed by atoms with Crippen LogP contribution in [-0.4, -0.2) is 51.3 Å². The maximum Gasteiger partial charge on any atom is 0.328 e. The Bertz CT molecular complexity index is 1010. The van der Waals surface area contributed by atoms with Crippen molar-refractivity contribution >= 4 is 28.4 Å². The van der Waals surface area contributed by atoms with Crippen LogP contribution in [0.15, 0.2) is 24.3 Å². The molecule has 0 bridgehead atoms. The number of ether oxygens (including phenoxy) is 1. The van der Waals surface area contributed by atoms with Gasteiger partial charge in [-0.05, 0) is 38.0 Å². The lowest BCUT2D eigenvalue weighted by Crippen LogP contribution is -2.43. The van der Waals surface area contributed by atoms with E-state index in [1.807, 2.05) is 38.1 Å². The predicted molar refractivity (Wildman–Crippen MR) is 99.7 cm³/mol. The molecule has 0 aliphatic rings. The molecular weight excluding hydrogens is 348 g/mol. The molecule has 142 valence electrons. The van der Waals surface area contributed by atoms with Gasteiger partial charge in [-0.2, -0.15) is 5.10 Å². The van der Waals surface area contributed by atoms with Crippen molar-refractivity contribution in [3.8, 4) is 0 Å². The van der Waals surface area contributed by atoms with Crippen molar-refractivity contribution in [1.29, 1.82) is 0 Å². The van der Waals surface area contributed by atoms with E-state index in [0.29, 0.717) is 6.42 Å². The van der Waals surface area contributed by atoms with E-state index >= 15 is 0 Å². The number of fused-ring (bicyclic) bond motifs is 3. The Morgan fingerprint density at radius 1 is 1.30 bits per heavy atom. The van der Waals surface area contributed by atoms with Crippen LogP contribution in [0, 0.1) is 13.8 Å². The molecule has 1 atom stereocenters. The van der Waals surface area contributed by atoms with Crippen molar-refractivity contribution in [2.45, 2.75) is 32.7 Å². The molecule has 8 nitrogen and oxygen atoms in total. The van der Waals surface area contributed by atoms with E-state index in [0.717, 1.165) is 33.5 Å². The number of nitrogens with zero attached hydrogens (tertiary/aromatic N) is 3. The number of nitrogens with one attached hydrogen (secondary N) is 1. The first-order valence-corrected chi connectivity index (χ1v) is 8.67. The molecule has 27 heavy (non-hydrogen) atoms. The summed E-state index contributed by atoms with van der Waals surface area (Å²) in [5.74, 6) is -1.46. The number of rotatable bonds is 7. The Labute approximate surface area is 156 Å². The molecule has 8 heteroatoms. The Hall–Kier alpha value is -3.00. The van der Waals surface area contributed by atoms with E-state index < -0.39 is 12.0 Å². The molecule has 1 unspecified atom stereocenters. The van der Waals surface area contributed by atoms with Gasteiger partial charge < -0.3 is 15.2 Å². The average Bonchev–Trinajstić information content (AvgIpc) is 3.00. The number of amides is 1. The summed E-state index contributed by atoms with van der Waals surface area (Å²) in [6.45, 7) is 3.78. The third-order valence-corrected chi connectivity index (χ3v) is 4.59. The molecule has 2 aromatic heterocycles. The molecule has 0 aliphatic carbocycles. The van der Waals surface area contributed by atoms with Crippen LogP contribution < -0.4 is 5.32 Å². The molecule has 0 saturated heterocycles. The Morgan fingerprint density at radius 2 is 2.04 bits per heavy atom. The van der Waals surface area contributed by atoms with Crippen molar-refractivity contribution in [2.24, 2.45) is 0 Å². The number of carboxylic acids is 1. The fraction of sp³-hybridized carbons (Fsp3) is 0.368. The lowest BCUT2D eigenvalue weighted by atomic mass is 10.1. The maximum absolute atomic E-state index is 12.2. The van der Waals surface area contributed by atoms with Gasteiger partial charge in [0.1, 0.15) is 0 Å². The lowest BCUT2D eigenvalue weighted by molar-refractivity contribution is -0.143. The van der Waals surface area contributed by atoms with Crippen LogP contribution in [0.2, 0.25) is 0 Å². The highest BCUT2D eigenvalue weighted by molar-refractivity contribution is 5.92. The third kappa shape index (κ3) is 3.75. The number of carbonyl (C=O) groups is 2. The Kier molecular flexibility index (Phi) is 5.36. The SMILES string of the molecule is COCC(NC(=O)CCc1c(C)nc2c3ccccc3nn2c1C)C(=O)O. The smallest absolute Gasteiger partial charge is 0.328 e. The van der Waals surface area contributed by atoms with Gasteiger partial charge >= 0.3 is 5.97 Å². The molecular formula is C19H22N4O4. The molecule has 0 radical (unpaired) electrons. The van der Waals surface area contributed by atoms with Crippen LogP contribution in [0.5, 0.6) is 0 Å². The van der Waals surface area contributed by atoms with E-state index in [1.165, 1.54) is 7.11 Å². The molecule has 0 fully saturated rings.